The van der Waals surface area contributed by atoms with Gasteiger partial charge >= 0.3 is 5.97 Å². The van der Waals surface area contributed by atoms with Crippen molar-refractivity contribution in [3.63, 3.8) is 0 Å². The van der Waals surface area contributed by atoms with Crippen LogP contribution in [0.5, 0.6) is 0 Å². The molecule has 1 aromatic carbocycles. The van der Waals surface area contributed by atoms with Gasteiger partial charge in [-0.1, -0.05) is 5.16 Å². The average Bonchev–Trinajstić information content (AvgIpc) is 2.80. The molecule has 22 heavy (non-hydrogen) atoms. The van der Waals surface area contributed by atoms with Crippen LogP contribution in [-0.2, 0) is 16.0 Å². The quantitative estimate of drug-likeness (QED) is 0.877. The van der Waals surface area contributed by atoms with Gasteiger partial charge in [-0.2, -0.15) is 0 Å². The van der Waals surface area contributed by atoms with E-state index in [0.29, 0.717) is 22.7 Å². The van der Waals surface area contributed by atoms with Crippen LogP contribution in [0, 0.1) is 19.7 Å². The minimum Gasteiger partial charge on any atom is -0.465 e. The second-order valence-electron chi connectivity index (χ2n) is 4.71. The predicted molar refractivity (Wildman–Crippen MR) is 76.1 cm³/mol. The molecule has 0 fully saturated rings. The standard InChI is InChI=1S/C15H15FN2O4/c1-8-11(9(2)22-18-8)7-14(19)17-10-4-5-13(16)12(6-10)15(20)21-3/h4-6H,7H2,1-3H3,(H,17,19). The van der Waals surface area contributed by atoms with Gasteiger partial charge in [0.05, 0.1) is 24.8 Å². The number of benzene rings is 1. The Hall–Kier alpha value is -2.70. The van der Waals surface area contributed by atoms with Crippen molar-refractivity contribution in [2.24, 2.45) is 0 Å². The Morgan fingerprint density at radius 2 is 2.09 bits per heavy atom. The molecule has 1 N–H and O–H groups in total. The highest BCUT2D eigenvalue weighted by atomic mass is 19.1. The number of carbonyl (C=O) groups is 2. The first-order chi connectivity index (χ1) is 10.4. The summed E-state index contributed by atoms with van der Waals surface area (Å²) in [5.41, 5.74) is 1.41. The smallest absolute Gasteiger partial charge is 0.340 e. The fourth-order valence-corrected chi connectivity index (χ4v) is 1.99. The zero-order chi connectivity index (χ0) is 16.3. The van der Waals surface area contributed by atoms with Crippen molar-refractivity contribution in [2.75, 3.05) is 12.4 Å². The number of halogens is 1. The highest BCUT2D eigenvalue weighted by molar-refractivity contribution is 5.95. The van der Waals surface area contributed by atoms with Crippen LogP contribution in [0.25, 0.3) is 0 Å². The third-order valence-electron chi connectivity index (χ3n) is 3.17. The fraction of sp³-hybridized carbons (Fsp3) is 0.267. The Balaban J connectivity index is 2.14. The molecule has 0 atom stereocenters. The molecule has 0 radical (unpaired) electrons. The van der Waals surface area contributed by atoms with Crippen LogP contribution in [0.4, 0.5) is 10.1 Å². The first-order valence-corrected chi connectivity index (χ1v) is 6.52. The van der Waals surface area contributed by atoms with E-state index in [1.54, 1.807) is 13.8 Å². The van der Waals surface area contributed by atoms with Crippen molar-refractivity contribution < 1.29 is 23.2 Å². The molecule has 0 aliphatic carbocycles. The zero-order valence-corrected chi connectivity index (χ0v) is 12.4. The van der Waals surface area contributed by atoms with E-state index in [2.05, 4.69) is 15.2 Å². The lowest BCUT2D eigenvalue weighted by atomic mass is 10.1. The Bertz CT molecular complexity index is 705. The lowest BCUT2D eigenvalue weighted by molar-refractivity contribution is -0.115. The zero-order valence-electron chi connectivity index (χ0n) is 12.4. The Kier molecular flexibility index (Phi) is 4.55. The number of hydrogen-bond donors (Lipinski definition) is 1. The molecule has 2 rings (SSSR count). The van der Waals surface area contributed by atoms with Crippen LogP contribution in [0.15, 0.2) is 22.7 Å². The number of methoxy groups -OCH3 is 1. The third-order valence-corrected chi connectivity index (χ3v) is 3.17. The highest BCUT2D eigenvalue weighted by Gasteiger charge is 2.16. The third kappa shape index (κ3) is 3.30. The van der Waals surface area contributed by atoms with Gasteiger partial charge in [0, 0.05) is 11.3 Å². The molecule has 7 heteroatoms. The summed E-state index contributed by atoms with van der Waals surface area (Å²) in [4.78, 5) is 23.5. The first-order valence-electron chi connectivity index (χ1n) is 6.52. The van der Waals surface area contributed by atoms with Crippen LogP contribution in [0.1, 0.15) is 27.4 Å². The predicted octanol–water partition coefficient (Wildman–Crippen LogP) is 2.40. The Morgan fingerprint density at radius 1 is 1.36 bits per heavy atom. The average molecular weight is 306 g/mol. The number of esters is 1. The minimum absolute atomic E-state index is 0.0755. The lowest BCUT2D eigenvalue weighted by Crippen LogP contribution is -2.16. The van der Waals surface area contributed by atoms with Crippen molar-refractivity contribution >= 4 is 17.6 Å². The van der Waals surface area contributed by atoms with Gasteiger partial charge in [0.15, 0.2) is 0 Å². The van der Waals surface area contributed by atoms with Gasteiger partial charge in [-0.15, -0.1) is 0 Å². The van der Waals surface area contributed by atoms with Gasteiger partial charge in [-0.3, -0.25) is 4.79 Å². The molecule has 1 amide bonds. The van der Waals surface area contributed by atoms with Gasteiger partial charge in [-0.25, -0.2) is 9.18 Å². The maximum atomic E-state index is 13.5. The number of ether oxygens (including phenoxy) is 1. The van der Waals surface area contributed by atoms with Crippen molar-refractivity contribution in [3.05, 3.63) is 46.6 Å². The summed E-state index contributed by atoms with van der Waals surface area (Å²) in [5, 5.41) is 6.37. The summed E-state index contributed by atoms with van der Waals surface area (Å²) in [5.74, 6) is -1.27. The van der Waals surface area contributed by atoms with E-state index in [1.807, 2.05) is 0 Å². The first kappa shape index (κ1) is 15.7. The summed E-state index contributed by atoms with van der Waals surface area (Å²) in [6.45, 7) is 3.46. The maximum Gasteiger partial charge on any atom is 0.340 e. The van der Waals surface area contributed by atoms with E-state index in [0.717, 1.165) is 13.2 Å². The number of carbonyl (C=O) groups excluding carboxylic acids is 2. The van der Waals surface area contributed by atoms with E-state index < -0.39 is 11.8 Å². The molecule has 0 aliphatic rings. The molecule has 0 saturated carbocycles. The molecule has 0 spiro atoms. The van der Waals surface area contributed by atoms with Gasteiger partial charge in [-0.05, 0) is 32.0 Å². The number of rotatable bonds is 4. The molecule has 0 saturated heterocycles. The van der Waals surface area contributed by atoms with Crippen molar-refractivity contribution in [2.45, 2.75) is 20.3 Å². The van der Waals surface area contributed by atoms with Gasteiger partial charge < -0.3 is 14.6 Å². The molecule has 6 nitrogen and oxygen atoms in total. The number of aromatic nitrogens is 1. The fourth-order valence-electron chi connectivity index (χ4n) is 1.99. The van der Waals surface area contributed by atoms with E-state index in [-0.39, 0.29) is 17.9 Å². The van der Waals surface area contributed by atoms with Gasteiger partial charge in [0.2, 0.25) is 5.91 Å². The van der Waals surface area contributed by atoms with Crippen molar-refractivity contribution in [3.8, 4) is 0 Å². The number of hydrogen-bond acceptors (Lipinski definition) is 5. The number of anilines is 1. The molecule has 1 heterocycles. The number of nitrogens with zero attached hydrogens (tertiary/aromatic N) is 1. The second-order valence-corrected chi connectivity index (χ2v) is 4.71. The SMILES string of the molecule is COC(=O)c1cc(NC(=O)Cc2c(C)noc2C)ccc1F. The van der Waals surface area contributed by atoms with Crippen LogP contribution in [0.2, 0.25) is 0 Å². The van der Waals surface area contributed by atoms with E-state index in [4.69, 9.17) is 4.52 Å². The number of amides is 1. The van der Waals surface area contributed by atoms with E-state index >= 15 is 0 Å². The normalized spacial score (nSPS) is 10.4. The number of nitrogens with one attached hydrogen (secondary N) is 1. The van der Waals surface area contributed by atoms with E-state index in [9.17, 15) is 14.0 Å². The molecular weight excluding hydrogens is 291 g/mol. The van der Waals surface area contributed by atoms with Crippen LogP contribution < -0.4 is 5.32 Å². The summed E-state index contributed by atoms with van der Waals surface area (Å²) >= 11 is 0. The summed E-state index contributed by atoms with van der Waals surface area (Å²) < 4.78 is 23.0. The summed E-state index contributed by atoms with van der Waals surface area (Å²) in [7, 11) is 1.16. The van der Waals surface area contributed by atoms with Crippen LogP contribution >= 0.6 is 0 Å². The van der Waals surface area contributed by atoms with E-state index in [1.165, 1.54) is 12.1 Å². The topological polar surface area (TPSA) is 81.4 Å². The Labute approximate surface area is 126 Å². The molecular formula is C15H15FN2O4. The van der Waals surface area contributed by atoms with Gasteiger partial charge in [0.1, 0.15) is 11.6 Å². The second kappa shape index (κ2) is 6.38. The molecule has 1 aromatic heterocycles. The Morgan fingerprint density at radius 3 is 2.68 bits per heavy atom. The molecule has 0 unspecified atom stereocenters. The summed E-state index contributed by atoms with van der Waals surface area (Å²) in [6, 6.07) is 3.69. The minimum atomic E-state index is -0.806. The van der Waals surface area contributed by atoms with Crippen molar-refractivity contribution in [1.29, 1.82) is 0 Å². The highest BCUT2D eigenvalue weighted by Crippen LogP contribution is 2.17. The summed E-state index contributed by atoms with van der Waals surface area (Å²) in [6.07, 6.45) is 0.0755. The lowest BCUT2D eigenvalue weighted by Gasteiger charge is -2.07. The largest absolute Gasteiger partial charge is 0.465 e. The molecule has 0 aliphatic heterocycles. The molecule has 2 aromatic rings. The van der Waals surface area contributed by atoms with Crippen molar-refractivity contribution in [1.82, 2.24) is 5.16 Å². The maximum absolute atomic E-state index is 13.5. The van der Waals surface area contributed by atoms with Gasteiger partial charge in [0.25, 0.3) is 0 Å². The monoisotopic (exact) mass is 306 g/mol. The number of aryl methyl sites for hydroxylation is 2. The molecule has 116 valence electrons. The molecule has 0 bridgehead atoms. The van der Waals surface area contributed by atoms with Crippen LogP contribution in [0.3, 0.4) is 0 Å². The van der Waals surface area contributed by atoms with Crippen LogP contribution in [-0.4, -0.2) is 24.1 Å².